The number of methoxy groups -OCH3 is 2. The van der Waals surface area contributed by atoms with Gasteiger partial charge in [-0.05, 0) is 65.4 Å². The molecule has 3 nitrogen and oxygen atoms in total. The fraction of sp³-hybridized carbons (Fsp3) is 0.133. The summed E-state index contributed by atoms with van der Waals surface area (Å²) in [6.07, 6.45) is 0. The Morgan fingerprint density at radius 2 is 1.18 bits per heavy atom. The molecule has 0 saturated heterocycles. The number of benzene rings is 4. The summed E-state index contributed by atoms with van der Waals surface area (Å²) in [6, 6.07) is 34.9. The normalized spacial score (nSPS) is 10.4. The Morgan fingerprint density at radius 1 is 0.667 bits per heavy atom. The molecule has 0 aliphatic carbocycles. The van der Waals surface area contributed by atoms with Gasteiger partial charge < -0.3 is 9.47 Å². The average Bonchev–Trinajstić information content (AvgIpc) is 2.89. The molecule has 0 aliphatic rings. The highest BCUT2D eigenvalue weighted by molar-refractivity contribution is 5.90. The van der Waals surface area contributed by atoms with Gasteiger partial charge in [-0.25, -0.2) is 4.99 Å². The van der Waals surface area contributed by atoms with Crippen LogP contribution in [0.2, 0.25) is 0 Å². The van der Waals surface area contributed by atoms with Crippen LogP contribution in [0.5, 0.6) is 11.5 Å². The molecule has 0 spiro atoms. The number of allylic oxidation sites excluding steroid dienone is 1. The lowest BCUT2D eigenvalue weighted by Crippen LogP contribution is -2.04. The van der Waals surface area contributed by atoms with Crippen LogP contribution in [0.25, 0.3) is 5.57 Å². The van der Waals surface area contributed by atoms with Gasteiger partial charge in [-0.2, -0.15) is 0 Å². The summed E-state index contributed by atoms with van der Waals surface area (Å²) in [5, 5.41) is 0. The molecular weight excluding hydrogens is 406 g/mol. The average molecular weight is 434 g/mol. The van der Waals surface area contributed by atoms with E-state index in [-0.39, 0.29) is 5.92 Å². The first kappa shape index (κ1) is 22.1. The first-order chi connectivity index (χ1) is 16.2. The molecule has 0 fully saturated rings. The maximum Gasteiger partial charge on any atom is 0.118 e. The number of rotatable bonds is 7. The minimum Gasteiger partial charge on any atom is -0.497 e. The van der Waals surface area contributed by atoms with E-state index in [0.717, 1.165) is 45.0 Å². The molecule has 0 heterocycles. The van der Waals surface area contributed by atoms with E-state index in [1.165, 1.54) is 0 Å². The second kappa shape index (κ2) is 10.5. The Morgan fingerprint density at radius 3 is 1.73 bits per heavy atom. The molecule has 4 aromatic carbocycles. The third-order valence-electron chi connectivity index (χ3n) is 5.70. The van der Waals surface area contributed by atoms with Crippen molar-refractivity contribution in [3.63, 3.8) is 0 Å². The van der Waals surface area contributed by atoms with Crippen molar-refractivity contribution in [1.29, 1.82) is 0 Å². The smallest absolute Gasteiger partial charge is 0.118 e. The van der Waals surface area contributed by atoms with Gasteiger partial charge in [-0.1, -0.05) is 72.8 Å². The summed E-state index contributed by atoms with van der Waals surface area (Å²) in [4.78, 5) is 4.79. The predicted octanol–water partition coefficient (Wildman–Crippen LogP) is 7.29. The van der Waals surface area contributed by atoms with Gasteiger partial charge >= 0.3 is 0 Å². The summed E-state index contributed by atoms with van der Waals surface area (Å²) in [7, 11) is 3.36. The second-order valence-corrected chi connectivity index (χ2v) is 7.75. The summed E-state index contributed by atoms with van der Waals surface area (Å²) in [5.41, 5.74) is 6.43. The molecule has 0 unspecified atom stereocenters. The lowest BCUT2D eigenvalue weighted by molar-refractivity contribution is 0.414. The van der Waals surface area contributed by atoms with Gasteiger partial charge in [0.05, 0.1) is 19.9 Å². The zero-order valence-corrected chi connectivity index (χ0v) is 19.2. The highest BCUT2D eigenvalue weighted by Crippen LogP contribution is 2.38. The van der Waals surface area contributed by atoms with Crippen molar-refractivity contribution in [3.05, 3.63) is 125 Å². The predicted molar refractivity (Wildman–Crippen MR) is 136 cm³/mol. The number of para-hydroxylation sites is 1. The van der Waals surface area contributed by atoms with Crippen molar-refractivity contribution in [2.75, 3.05) is 14.2 Å². The molecule has 0 N–H and O–H groups in total. The van der Waals surface area contributed by atoms with Gasteiger partial charge in [0.2, 0.25) is 0 Å². The van der Waals surface area contributed by atoms with Gasteiger partial charge in [0.25, 0.3) is 0 Å². The minimum atomic E-state index is 0.000550. The van der Waals surface area contributed by atoms with Crippen LogP contribution >= 0.6 is 0 Å². The van der Waals surface area contributed by atoms with Gasteiger partial charge in [-0.3, -0.25) is 0 Å². The van der Waals surface area contributed by atoms with Gasteiger partial charge in [0.15, 0.2) is 0 Å². The molecule has 0 saturated carbocycles. The highest BCUT2D eigenvalue weighted by atomic mass is 16.5. The molecule has 4 aromatic rings. The first-order valence-electron chi connectivity index (χ1n) is 10.9. The second-order valence-electron chi connectivity index (χ2n) is 7.75. The topological polar surface area (TPSA) is 30.8 Å². The maximum absolute atomic E-state index is 5.37. The molecule has 0 bridgehead atoms. The molecule has 0 aromatic heterocycles. The van der Waals surface area contributed by atoms with Crippen LogP contribution in [0.4, 0.5) is 5.69 Å². The standard InChI is InChI=1S/C30H27NO2/c1-22(23-9-5-4-6-10-23)21-31-29-12-8-7-11-28(29)30(24-13-17-26(32-2)18-14-24)25-15-19-27(33-3)20-16-25/h4-20,30H,1-3H3. The van der Waals surface area contributed by atoms with E-state index in [1.54, 1.807) is 14.2 Å². The Labute approximate surface area is 195 Å². The fourth-order valence-corrected chi connectivity index (χ4v) is 3.87. The Kier molecular flexibility index (Phi) is 7.04. The number of nitrogens with zero attached hydrogens (tertiary/aromatic N) is 1. The van der Waals surface area contributed by atoms with Gasteiger partial charge in [0.1, 0.15) is 11.5 Å². The fourth-order valence-electron chi connectivity index (χ4n) is 3.87. The number of hydrogen-bond acceptors (Lipinski definition) is 3. The van der Waals surface area contributed by atoms with Crippen LogP contribution in [0.3, 0.4) is 0 Å². The van der Waals surface area contributed by atoms with Crippen LogP contribution in [0.15, 0.2) is 108 Å². The zero-order valence-electron chi connectivity index (χ0n) is 19.2. The molecule has 0 aliphatic heterocycles. The first-order valence-corrected chi connectivity index (χ1v) is 10.9. The number of hydrogen-bond donors (Lipinski definition) is 0. The summed E-state index contributed by atoms with van der Waals surface area (Å²) >= 11 is 0. The number of ether oxygens (including phenoxy) is 2. The highest BCUT2D eigenvalue weighted by Gasteiger charge is 2.20. The van der Waals surface area contributed by atoms with E-state index >= 15 is 0 Å². The third-order valence-corrected chi connectivity index (χ3v) is 5.70. The lowest BCUT2D eigenvalue weighted by atomic mass is 9.84. The van der Waals surface area contributed by atoms with Gasteiger partial charge in [0, 0.05) is 11.5 Å². The SMILES string of the molecule is COc1ccc(C(c2ccc(OC)cc2)c2ccccc2N=C=C(C)c2ccccc2)cc1. The van der Waals surface area contributed by atoms with Crippen molar-refractivity contribution in [2.24, 2.45) is 4.99 Å². The quantitative estimate of drug-likeness (QED) is 0.226. The van der Waals surface area contributed by atoms with Crippen molar-refractivity contribution in [1.82, 2.24) is 0 Å². The van der Waals surface area contributed by atoms with Crippen LogP contribution in [0, 0.1) is 0 Å². The monoisotopic (exact) mass is 433 g/mol. The van der Waals surface area contributed by atoms with Crippen molar-refractivity contribution in [3.8, 4) is 11.5 Å². The van der Waals surface area contributed by atoms with Gasteiger partial charge in [-0.15, -0.1) is 0 Å². The summed E-state index contributed by atoms with van der Waals surface area (Å²) in [5.74, 6) is 4.92. The lowest BCUT2D eigenvalue weighted by Gasteiger charge is -2.21. The molecule has 0 atom stereocenters. The van der Waals surface area contributed by atoms with E-state index in [9.17, 15) is 0 Å². The van der Waals surface area contributed by atoms with Crippen LogP contribution in [-0.2, 0) is 0 Å². The van der Waals surface area contributed by atoms with Crippen LogP contribution < -0.4 is 9.47 Å². The number of aliphatic imine (C=N–C) groups is 1. The van der Waals surface area contributed by atoms with E-state index in [0.29, 0.717) is 0 Å². The Hall–Kier alpha value is -4.07. The van der Waals surface area contributed by atoms with Crippen LogP contribution in [-0.4, -0.2) is 20.1 Å². The Bertz CT molecular complexity index is 1210. The van der Waals surface area contributed by atoms with E-state index in [4.69, 9.17) is 14.5 Å². The molecular formula is C30H27NO2. The van der Waals surface area contributed by atoms with E-state index < -0.39 is 0 Å². The Balaban J connectivity index is 1.82. The summed E-state index contributed by atoms with van der Waals surface area (Å²) < 4.78 is 10.7. The third kappa shape index (κ3) is 5.23. The maximum atomic E-state index is 5.37. The molecule has 3 heteroatoms. The van der Waals surface area contributed by atoms with E-state index in [2.05, 4.69) is 54.4 Å². The van der Waals surface area contributed by atoms with Crippen molar-refractivity contribution in [2.45, 2.75) is 12.8 Å². The molecule has 164 valence electrons. The summed E-state index contributed by atoms with van der Waals surface area (Å²) in [6.45, 7) is 2.03. The largest absolute Gasteiger partial charge is 0.497 e. The molecule has 33 heavy (non-hydrogen) atoms. The van der Waals surface area contributed by atoms with Crippen molar-refractivity contribution < 1.29 is 9.47 Å². The van der Waals surface area contributed by atoms with Crippen molar-refractivity contribution >= 4 is 17.1 Å². The van der Waals surface area contributed by atoms with Crippen LogP contribution in [0.1, 0.15) is 35.1 Å². The minimum absolute atomic E-state index is 0.000550. The zero-order chi connectivity index (χ0) is 23.0. The van der Waals surface area contributed by atoms with E-state index in [1.807, 2.05) is 61.5 Å². The molecule has 0 radical (unpaired) electrons. The molecule has 0 amide bonds. The molecule has 4 rings (SSSR count).